The van der Waals surface area contributed by atoms with Crippen LogP contribution >= 0.6 is 11.8 Å². The lowest BCUT2D eigenvalue weighted by Gasteiger charge is -2.27. The molecule has 0 atom stereocenters. The molecule has 1 heterocycles. The summed E-state index contributed by atoms with van der Waals surface area (Å²) >= 11 is 1.38. The average molecular weight is 362 g/mol. The maximum Gasteiger partial charge on any atom is 0.232 e. The van der Waals surface area contributed by atoms with Crippen LogP contribution in [0.4, 0.5) is 0 Å². The standard InChI is InChI=1S/C19H26N2O3S/c1-2-9-20(10-8-17-6-4-3-5-7-17)18(22)15-25-16-19(23)21-11-13-24-14-12-21/h2-7H,1,8-16H2. The third-order valence-electron chi connectivity index (χ3n) is 4.03. The number of benzene rings is 1. The fraction of sp³-hybridized carbons (Fsp3) is 0.474. The molecule has 5 nitrogen and oxygen atoms in total. The molecule has 136 valence electrons. The Bertz CT molecular complexity index is 559. The predicted molar refractivity (Wildman–Crippen MR) is 102 cm³/mol. The summed E-state index contributed by atoms with van der Waals surface area (Å²) in [5.74, 6) is 0.793. The maximum atomic E-state index is 12.4. The van der Waals surface area contributed by atoms with Crippen LogP contribution in [0.3, 0.4) is 0 Å². The molecule has 1 saturated heterocycles. The van der Waals surface area contributed by atoms with Gasteiger partial charge in [0.25, 0.3) is 0 Å². The third kappa shape index (κ3) is 6.92. The van der Waals surface area contributed by atoms with Crippen molar-refractivity contribution in [3.63, 3.8) is 0 Å². The number of amides is 2. The van der Waals surface area contributed by atoms with E-state index in [4.69, 9.17) is 4.74 Å². The number of nitrogens with zero attached hydrogens (tertiary/aromatic N) is 2. The van der Waals surface area contributed by atoms with E-state index in [2.05, 4.69) is 18.7 Å². The number of carbonyl (C=O) groups excluding carboxylic acids is 2. The largest absolute Gasteiger partial charge is 0.378 e. The second-order valence-corrected chi connectivity index (χ2v) is 6.84. The molecule has 1 fully saturated rings. The third-order valence-corrected chi connectivity index (χ3v) is 4.93. The van der Waals surface area contributed by atoms with Crippen LogP contribution in [0, 0.1) is 0 Å². The van der Waals surface area contributed by atoms with Gasteiger partial charge in [0.2, 0.25) is 11.8 Å². The summed E-state index contributed by atoms with van der Waals surface area (Å²) in [6.45, 7) is 7.42. The molecule has 0 saturated carbocycles. The van der Waals surface area contributed by atoms with E-state index in [9.17, 15) is 9.59 Å². The fourth-order valence-electron chi connectivity index (χ4n) is 2.60. The Hall–Kier alpha value is -1.79. The van der Waals surface area contributed by atoms with E-state index in [1.165, 1.54) is 17.3 Å². The van der Waals surface area contributed by atoms with E-state index >= 15 is 0 Å². The number of carbonyl (C=O) groups is 2. The topological polar surface area (TPSA) is 49.9 Å². The van der Waals surface area contributed by atoms with Gasteiger partial charge in [-0.25, -0.2) is 0 Å². The van der Waals surface area contributed by atoms with Gasteiger partial charge in [-0.2, -0.15) is 0 Å². The van der Waals surface area contributed by atoms with Gasteiger partial charge in [0.05, 0.1) is 24.7 Å². The van der Waals surface area contributed by atoms with Crippen LogP contribution < -0.4 is 0 Å². The second-order valence-electron chi connectivity index (χ2n) is 5.85. The Kier molecular flexibility index (Phi) is 8.55. The van der Waals surface area contributed by atoms with Crippen LogP contribution in [-0.4, -0.2) is 72.5 Å². The van der Waals surface area contributed by atoms with Crippen molar-refractivity contribution in [2.75, 3.05) is 50.9 Å². The number of rotatable bonds is 9. The Labute approximate surface area is 154 Å². The predicted octanol–water partition coefficient (Wildman–Crippen LogP) is 1.84. The molecular weight excluding hydrogens is 336 g/mol. The molecule has 1 aliphatic rings. The number of thioether (sulfide) groups is 1. The van der Waals surface area contributed by atoms with Gasteiger partial charge in [-0.15, -0.1) is 18.3 Å². The van der Waals surface area contributed by atoms with E-state index in [0.29, 0.717) is 50.9 Å². The molecule has 2 amide bonds. The van der Waals surface area contributed by atoms with Gasteiger partial charge in [0, 0.05) is 26.2 Å². The van der Waals surface area contributed by atoms with E-state index in [1.807, 2.05) is 18.2 Å². The summed E-state index contributed by atoms with van der Waals surface area (Å²) < 4.78 is 5.24. The van der Waals surface area contributed by atoms with Gasteiger partial charge in [0.1, 0.15) is 0 Å². The molecule has 0 radical (unpaired) electrons. The Morgan fingerprint density at radius 2 is 1.92 bits per heavy atom. The van der Waals surface area contributed by atoms with E-state index in [0.717, 1.165) is 6.42 Å². The first-order valence-electron chi connectivity index (χ1n) is 8.56. The second kappa shape index (κ2) is 10.9. The van der Waals surface area contributed by atoms with Crippen LogP contribution in [-0.2, 0) is 20.7 Å². The average Bonchev–Trinajstić information content (AvgIpc) is 2.66. The molecule has 2 rings (SSSR count). The SMILES string of the molecule is C=CCN(CCc1ccccc1)C(=O)CSCC(=O)N1CCOCC1. The van der Waals surface area contributed by atoms with Crippen LogP contribution in [0.2, 0.25) is 0 Å². The highest BCUT2D eigenvalue weighted by Crippen LogP contribution is 2.08. The zero-order valence-corrected chi connectivity index (χ0v) is 15.4. The van der Waals surface area contributed by atoms with Crippen molar-refractivity contribution in [2.24, 2.45) is 0 Å². The van der Waals surface area contributed by atoms with Gasteiger partial charge in [0.15, 0.2) is 0 Å². The Morgan fingerprint density at radius 1 is 1.20 bits per heavy atom. The monoisotopic (exact) mass is 362 g/mol. The molecule has 0 N–H and O–H groups in total. The highest BCUT2D eigenvalue weighted by molar-refractivity contribution is 8.00. The molecule has 0 aliphatic carbocycles. The summed E-state index contributed by atoms with van der Waals surface area (Å²) in [5.41, 5.74) is 1.21. The van der Waals surface area contributed by atoms with Crippen molar-refractivity contribution in [1.82, 2.24) is 9.80 Å². The zero-order chi connectivity index (χ0) is 17.9. The minimum absolute atomic E-state index is 0.0515. The van der Waals surface area contributed by atoms with Gasteiger partial charge in [-0.3, -0.25) is 9.59 Å². The highest BCUT2D eigenvalue weighted by Gasteiger charge is 2.18. The van der Waals surface area contributed by atoms with Crippen molar-refractivity contribution in [3.8, 4) is 0 Å². The lowest BCUT2D eigenvalue weighted by Crippen LogP contribution is -2.42. The number of ether oxygens (including phenoxy) is 1. The molecule has 1 aromatic rings. The fourth-order valence-corrected chi connectivity index (χ4v) is 3.42. The number of morpholine rings is 1. The molecule has 0 spiro atoms. The molecule has 1 aliphatic heterocycles. The van der Waals surface area contributed by atoms with Crippen molar-refractivity contribution in [2.45, 2.75) is 6.42 Å². The van der Waals surface area contributed by atoms with Crippen molar-refractivity contribution >= 4 is 23.6 Å². The van der Waals surface area contributed by atoms with Gasteiger partial charge in [-0.05, 0) is 12.0 Å². The lowest BCUT2D eigenvalue weighted by atomic mass is 10.1. The van der Waals surface area contributed by atoms with Gasteiger partial charge in [-0.1, -0.05) is 36.4 Å². The Morgan fingerprint density at radius 3 is 2.60 bits per heavy atom. The van der Waals surface area contributed by atoms with Crippen LogP contribution in [0.15, 0.2) is 43.0 Å². The van der Waals surface area contributed by atoms with E-state index < -0.39 is 0 Å². The smallest absolute Gasteiger partial charge is 0.232 e. The number of hydrogen-bond acceptors (Lipinski definition) is 4. The first kappa shape index (κ1) is 19.5. The van der Waals surface area contributed by atoms with Crippen LogP contribution in [0.25, 0.3) is 0 Å². The summed E-state index contributed by atoms with van der Waals surface area (Å²) in [6, 6.07) is 10.1. The molecule has 25 heavy (non-hydrogen) atoms. The zero-order valence-electron chi connectivity index (χ0n) is 14.6. The quantitative estimate of drug-likeness (QED) is 0.629. The first-order valence-corrected chi connectivity index (χ1v) is 9.72. The molecule has 0 bridgehead atoms. The number of hydrogen-bond donors (Lipinski definition) is 0. The van der Waals surface area contributed by atoms with Crippen LogP contribution in [0.5, 0.6) is 0 Å². The van der Waals surface area contributed by atoms with Crippen molar-refractivity contribution in [1.29, 1.82) is 0 Å². The summed E-state index contributed by atoms with van der Waals surface area (Å²) in [5, 5.41) is 0. The van der Waals surface area contributed by atoms with Crippen LogP contribution in [0.1, 0.15) is 5.56 Å². The van der Waals surface area contributed by atoms with Crippen molar-refractivity contribution in [3.05, 3.63) is 48.6 Å². The molecular formula is C19H26N2O3S. The van der Waals surface area contributed by atoms with E-state index in [-0.39, 0.29) is 11.8 Å². The van der Waals surface area contributed by atoms with Gasteiger partial charge >= 0.3 is 0 Å². The summed E-state index contributed by atoms with van der Waals surface area (Å²) in [6.07, 6.45) is 2.56. The van der Waals surface area contributed by atoms with E-state index in [1.54, 1.807) is 15.9 Å². The Balaban J connectivity index is 1.73. The summed E-state index contributed by atoms with van der Waals surface area (Å²) in [4.78, 5) is 28.1. The molecule has 1 aromatic carbocycles. The molecule has 6 heteroatoms. The first-order chi connectivity index (χ1) is 12.2. The summed E-state index contributed by atoms with van der Waals surface area (Å²) in [7, 11) is 0. The normalized spacial score (nSPS) is 14.2. The maximum absolute atomic E-state index is 12.4. The minimum Gasteiger partial charge on any atom is -0.378 e. The molecule has 0 unspecified atom stereocenters. The van der Waals surface area contributed by atoms with Gasteiger partial charge < -0.3 is 14.5 Å². The lowest BCUT2D eigenvalue weighted by molar-refractivity contribution is -0.132. The molecule has 0 aromatic heterocycles. The minimum atomic E-state index is 0.0515. The highest BCUT2D eigenvalue weighted by atomic mass is 32.2. The van der Waals surface area contributed by atoms with Crippen molar-refractivity contribution < 1.29 is 14.3 Å².